The molecule has 0 radical (unpaired) electrons. The minimum atomic E-state index is -0.504. The monoisotopic (exact) mass is 277 g/mol. The first-order valence-corrected chi connectivity index (χ1v) is 6.48. The predicted octanol–water partition coefficient (Wildman–Crippen LogP) is 3.26. The molecule has 0 aliphatic rings. The van der Waals surface area contributed by atoms with Gasteiger partial charge in [-0.05, 0) is 26.8 Å². The zero-order valence-corrected chi connectivity index (χ0v) is 11.7. The Morgan fingerprint density at radius 3 is 2.70 bits per heavy atom. The first kappa shape index (κ1) is 14.2. The number of nitrogens with zero attached hydrogens (tertiary/aromatic N) is 1. The minimum absolute atomic E-state index is 0.200. The molecular formula is C15H16FNO3. The molecule has 20 heavy (non-hydrogen) atoms. The van der Waals surface area contributed by atoms with Crippen molar-refractivity contribution < 1.29 is 18.7 Å². The quantitative estimate of drug-likeness (QED) is 0.805. The third-order valence-corrected chi connectivity index (χ3v) is 2.89. The van der Waals surface area contributed by atoms with Crippen LogP contribution in [0, 0.1) is 12.7 Å². The van der Waals surface area contributed by atoms with E-state index in [0.717, 1.165) is 0 Å². The number of rotatable bonds is 4. The van der Waals surface area contributed by atoms with E-state index < -0.39 is 11.8 Å². The van der Waals surface area contributed by atoms with E-state index in [0.29, 0.717) is 17.7 Å². The number of halogens is 1. The Bertz CT molecular complexity index is 655. The molecule has 2 rings (SSSR count). The molecule has 0 amide bonds. The molecule has 106 valence electrons. The van der Waals surface area contributed by atoms with E-state index in [2.05, 4.69) is 4.98 Å². The molecule has 4 nitrogen and oxygen atoms in total. The molecule has 1 aromatic heterocycles. The number of aryl methyl sites for hydroxylation is 1. The summed E-state index contributed by atoms with van der Waals surface area (Å²) in [6, 6.07) is 4.54. The van der Waals surface area contributed by atoms with E-state index in [4.69, 9.17) is 9.47 Å². The van der Waals surface area contributed by atoms with Crippen LogP contribution in [0.25, 0.3) is 10.8 Å². The van der Waals surface area contributed by atoms with Crippen molar-refractivity contribution in [1.29, 1.82) is 0 Å². The summed E-state index contributed by atoms with van der Waals surface area (Å²) in [6.07, 6.45) is 0. The topological polar surface area (TPSA) is 48.4 Å². The Morgan fingerprint density at radius 1 is 1.30 bits per heavy atom. The number of carbonyl (C=O) groups is 1. The van der Waals surface area contributed by atoms with E-state index in [1.807, 2.05) is 0 Å². The predicted molar refractivity (Wildman–Crippen MR) is 73.6 cm³/mol. The molecular weight excluding hydrogens is 261 g/mol. The van der Waals surface area contributed by atoms with Gasteiger partial charge in [-0.15, -0.1) is 0 Å². The van der Waals surface area contributed by atoms with Crippen LogP contribution in [-0.2, 0) is 4.74 Å². The molecule has 0 saturated heterocycles. The van der Waals surface area contributed by atoms with Gasteiger partial charge >= 0.3 is 5.97 Å². The van der Waals surface area contributed by atoms with Crippen molar-refractivity contribution in [3.8, 4) is 5.88 Å². The van der Waals surface area contributed by atoms with Crippen molar-refractivity contribution in [3.63, 3.8) is 0 Å². The number of fused-ring (bicyclic) bond motifs is 1. The number of aromatic nitrogens is 1. The van der Waals surface area contributed by atoms with Crippen LogP contribution in [0.5, 0.6) is 5.88 Å². The zero-order valence-electron chi connectivity index (χ0n) is 11.7. The second-order valence-corrected chi connectivity index (χ2v) is 4.19. The molecule has 0 atom stereocenters. The lowest BCUT2D eigenvalue weighted by atomic mass is 10.0. The van der Waals surface area contributed by atoms with Gasteiger partial charge in [0, 0.05) is 5.39 Å². The van der Waals surface area contributed by atoms with Crippen LogP contribution in [0.4, 0.5) is 4.39 Å². The van der Waals surface area contributed by atoms with E-state index in [1.54, 1.807) is 32.9 Å². The van der Waals surface area contributed by atoms with E-state index in [-0.39, 0.29) is 23.4 Å². The molecule has 1 heterocycles. The van der Waals surface area contributed by atoms with Gasteiger partial charge in [0.2, 0.25) is 5.88 Å². The number of carbonyl (C=O) groups excluding carboxylic acids is 1. The fourth-order valence-corrected chi connectivity index (χ4v) is 2.11. The number of pyridine rings is 1. The summed E-state index contributed by atoms with van der Waals surface area (Å²) in [7, 11) is 0. The highest BCUT2D eigenvalue weighted by Gasteiger charge is 2.21. The Hall–Kier alpha value is -2.17. The summed E-state index contributed by atoms with van der Waals surface area (Å²) in [5.74, 6) is -0.772. The van der Waals surface area contributed by atoms with Gasteiger partial charge in [0.15, 0.2) is 0 Å². The number of hydrogen-bond donors (Lipinski definition) is 0. The van der Waals surface area contributed by atoms with Crippen LogP contribution in [0.15, 0.2) is 18.2 Å². The maximum atomic E-state index is 14.1. The van der Waals surface area contributed by atoms with E-state index in [9.17, 15) is 9.18 Å². The SMILES string of the molecule is CCOC(=O)c1c(C)nc(OCC)c2c(F)cccc12. The molecule has 0 bridgehead atoms. The fraction of sp³-hybridized carbons (Fsp3) is 0.333. The average Bonchev–Trinajstić information content (AvgIpc) is 2.39. The smallest absolute Gasteiger partial charge is 0.340 e. The van der Waals surface area contributed by atoms with Crippen molar-refractivity contribution in [2.24, 2.45) is 0 Å². The average molecular weight is 277 g/mol. The van der Waals surface area contributed by atoms with E-state index >= 15 is 0 Å². The molecule has 0 spiro atoms. The molecule has 0 saturated carbocycles. The third kappa shape index (κ3) is 2.43. The molecule has 0 aliphatic carbocycles. The number of ether oxygens (including phenoxy) is 2. The Labute approximate surface area is 116 Å². The van der Waals surface area contributed by atoms with Crippen LogP contribution in [0.1, 0.15) is 29.9 Å². The number of benzene rings is 1. The summed E-state index contributed by atoms with van der Waals surface area (Å²) >= 11 is 0. The van der Waals surface area contributed by atoms with Gasteiger partial charge in [0.25, 0.3) is 0 Å². The molecule has 0 N–H and O–H groups in total. The second-order valence-electron chi connectivity index (χ2n) is 4.19. The molecule has 5 heteroatoms. The van der Waals surface area contributed by atoms with Crippen molar-refractivity contribution in [3.05, 3.63) is 35.3 Å². The molecule has 0 fully saturated rings. The Morgan fingerprint density at radius 2 is 2.05 bits per heavy atom. The normalized spacial score (nSPS) is 10.6. The summed E-state index contributed by atoms with van der Waals surface area (Å²) < 4.78 is 24.4. The minimum Gasteiger partial charge on any atom is -0.477 e. The first-order valence-electron chi connectivity index (χ1n) is 6.48. The third-order valence-electron chi connectivity index (χ3n) is 2.89. The van der Waals surface area contributed by atoms with Crippen LogP contribution in [0.3, 0.4) is 0 Å². The lowest BCUT2D eigenvalue weighted by molar-refractivity contribution is 0.0527. The maximum Gasteiger partial charge on any atom is 0.340 e. The summed E-state index contributed by atoms with van der Waals surface area (Å²) in [6.45, 7) is 5.82. The van der Waals surface area contributed by atoms with Crippen LogP contribution >= 0.6 is 0 Å². The first-order chi connectivity index (χ1) is 9.60. The standard InChI is InChI=1S/C15H16FNO3/c1-4-19-14-13-10(7-6-8-11(13)16)12(9(3)17-14)15(18)20-5-2/h6-8H,4-5H2,1-3H3. The molecule has 1 aromatic carbocycles. The van der Waals surface area contributed by atoms with Gasteiger partial charge in [0.1, 0.15) is 5.82 Å². The Kier molecular flexibility index (Phi) is 4.17. The summed E-state index contributed by atoms with van der Waals surface area (Å²) in [5, 5.41) is 0.669. The highest BCUT2D eigenvalue weighted by molar-refractivity contribution is 6.06. The summed E-state index contributed by atoms with van der Waals surface area (Å²) in [4.78, 5) is 16.2. The molecule has 0 unspecified atom stereocenters. The fourth-order valence-electron chi connectivity index (χ4n) is 2.11. The lowest BCUT2D eigenvalue weighted by Gasteiger charge is -2.13. The lowest BCUT2D eigenvalue weighted by Crippen LogP contribution is -2.10. The van der Waals surface area contributed by atoms with Crippen LogP contribution in [-0.4, -0.2) is 24.2 Å². The van der Waals surface area contributed by atoms with Gasteiger partial charge in [-0.1, -0.05) is 12.1 Å². The Balaban J connectivity index is 2.77. The molecule has 0 aliphatic heterocycles. The van der Waals surface area contributed by atoms with Crippen LogP contribution < -0.4 is 4.74 Å². The second kappa shape index (κ2) is 5.86. The molecule has 2 aromatic rings. The van der Waals surface area contributed by atoms with Crippen molar-refractivity contribution >= 4 is 16.7 Å². The van der Waals surface area contributed by atoms with Crippen molar-refractivity contribution in [2.75, 3.05) is 13.2 Å². The summed E-state index contributed by atoms with van der Waals surface area (Å²) in [5.41, 5.74) is 0.745. The van der Waals surface area contributed by atoms with Gasteiger partial charge in [0.05, 0.1) is 29.9 Å². The highest BCUT2D eigenvalue weighted by atomic mass is 19.1. The highest BCUT2D eigenvalue weighted by Crippen LogP contribution is 2.31. The maximum absolute atomic E-state index is 14.1. The van der Waals surface area contributed by atoms with Crippen molar-refractivity contribution in [2.45, 2.75) is 20.8 Å². The number of esters is 1. The van der Waals surface area contributed by atoms with Crippen molar-refractivity contribution in [1.82, 2.24) is 4.98 Å². The number of hydrogen-bond acceptors (Lipinski definition) is 4. The zero-order chi connectivity index (χ0) is 14.7. The van der Waals surface area contributed by atoms with Gasteiger partial charge in [-0.25, -0.2) is 14.2 Å². The largest absolute Gasteiger partial charge is 0.477 e. The van der Waals surface area contributed by atoms with Gasteiger partial charge < -0.3 is 9.47 Å². The van der Waals surface area contributed by atoms with E-state index in [1.165, 1.54) is 6.07 Å². The van der Waals surface area contributed by atoms with Gasteiger partial charge in [-0.2, -0.15) is 0 Å². The van der Waals surface area contributed by atoms with Gasteiger partial charge in [-0.3, -0.25) is 0 Å². The van der Waals surface area contributed by atoms with Crippen LogP contribution in [0.2, 0.25) is 0 Å².